The van der Waals surface area contributed by atoms with E-state index in [2.05, 4.69) is 15.9 Å². The molecule has 76 valence electrons. The molecule has 0 aliphatic rings. The molecule has 0 saturated heterocycles. The van der Waals surface area contributed by atoms with Crippen LogP contribution in [0.3, 0.4) is 0 Å². The molecule has 0 spiro atoms. The number of halogens is 3. The summed E-state index contributed by atoms with van der Waals surface area (Å²) in [5.41, 5.74) is -0.268. The van der Waals surface area contributed by atoms with E-state index in [1.54, 1.807) is 0 Å². The van der Waals surface area contributed by atoms with E-state index in [4.69, 9.17) is 0 Å². The number of amides is 1. The van der Waals surface area contributed by atoms with E-state index in [9.17, 15) is 13.6 Å². The summed E-state index contributed by atoms with van der Waals surface area (Å²) >= 11 is 2.83. The lowest BCUT2D eigenvalue weighted by atomic mass is 10.2. The third-order valence-corrected chi connectivity index (χ3v) is 2.25. The van der Waals surface area contributed by atoms with Crippen LogP contribution in [0.25, 0.3) is 0 Å². The molecule has 1 amide bonds. The van der Waals surface area contributed by atoms with E-state index in [-0.39, 0.29) is 10.0 Å². The van der Waals surface area contributed by atoms with Gasteiger partial charge in [0.2, 0.25) is 0 Å². The molecule has 0 radical (unpaired) electrons. The molecule has 2 nitrogen and oxygen atoms in total. The van der Waals surface area contributed by atoms with Gasteiger partial charge in [-0.1, -0.05) is 0 Å². The normalized spacial score (nSPS) is 10.1. The maximum absolute atomic E-state index is 13.2. The monoisotopic (exact) mass is 263 g/mol. The Morgan fingerprint density at radius 2 is 1.86 bits per heavy atom. The highest BCUT2D eigenvalue weighted by atomic mass is 79.9. The van der Waals surface area contributed by atoms with Gasteiger partial charge in [-0.05, 0) is 28.1 Å². The first-order chi connectivity index (χ1) is 6.43. The van der Waals surface area contributed by atoms with Gasteiger partial charge in [0, 0.05) is 14.1 Å². The largest absolute Gasteiger partial charge is 0.345 e. The van der Waals surface area contributed by atoms with E-state index in [1.165, 1.54) is 19.0 Å². The van der Waals surface area contributed by atoms with Crippen molar-refractivity contribution in [3.8, 4) is 0 Å². The highest BCUT2D eigenvalue weighted by molar-refractivity contribution is 9.10. The molecule has 5 heteroatoms. The second-order valence-corrected chi connectivity index (χ2v) is 3.80. The molecule has 0 aromatic heterocycles. The van der Waals surface area contributed by atoms with E-state index < -0.39 is 17.5 Å². The van der Waals surface area contributed by atoms with Gasteiger partial charge in [-0.15, -0.1) is 0 Å². The molecule has 1 aromatic rings. The zero-order valence-corrected chi connectivity index (χ0v) is 9.23. The molecule has 0 fully saturated rings. The first kappa shape index (κ1) is 11.1. The molecule has 0 aliphatic heterocycles. The topological polar surface area (TPSA) is 20.3 Å². The Morgan fingerprint density at radius 3 is 2.36 bits per heavy atom. The van der Waals surface area contributed by atoms with E-state index in [0.29, 0.717) is 0 Å². The highest BCUT2D eigenvalue weighted by Gasteiger charge is 2.16. The number of benzene rings is 1. The molecule has 0 unspecified atom stereocenters. The standard InChI is InChI=1S/C9H8BrF2NO/c1-13(2)9(14)5-3-8(12)6(10)4-7(5)11/h3-4H,1-2H3. The lowest BCUT2D eigenvalue weighted by molar-refractivity contribution is 0.0822. The van der Waals surface area contributed by atoms with Crippen LogP contribution in [0.2, 0.25) is 0 Å². The summed E-state index contributed by atoms with van der Waals surface area (Å²) in [5.74, 6) is -1.96. The van der Waals surface area contributed by atoms with Gasteiger partial charge in [0.25, 0.3) is 5.91 Å². The number of carbonyl (C=O) groups excluding carboxylic acids is 1. The fourth-order valence-corrected chi connectivity index (χ4v) is 1.24. The Hall–Kier alpha value is -0.970. The molecule has 1 rings (SSSR count). The second kappa shape index (κ2) is 4.04. The number of nitrogens with zero attached hydrogens (tertiary/aromatic N) is 1. The fraction of sp³-hybridized carbons (Fsp3) is 0.222. The van der Waals surface area contributed by atoms with Crippen molar-refractivity contribution in [2.45, 2.75) is 0 Å². The minimum atomic E-state index is -0.739. The lowest BCUT2D eigenvalue weighted by Crippen LogP contribution is -2.23. The van der Waals surface area contributed by atoms with Crippen LogP contribution in [-0.4, -0.2) is 24.9 Å². The summed E-state index contributed by atoms with van der Waals surface area (Å²) in [4.78, 5) is 12.5. The van der Waals surface area contributed by atoms with Crippen LogP contribution < -0.4 is 0 Å². The van der Waals surface area contributed by atoms with Crippen molar-refractivity contribution < 1.29 is 13.6 Å². The molecule has 0 heterocycles. The second-order valence-electron chi connectivity index (χ2n) is 2.95. The average Bonchev–Trinajstić information content (AvgIpc) is 2.10. The summed E-state index contributed by atoms with van der Waals surface area (Å²) in [5, 5.41) is 0. The Balaban J connectivity index is 3.22. The van der Waals surface area contributed by atoms with Crippen molar-refractivity contribution in [3.63, 3.8) is 0 Å². The zero-order valence-electron chi connectivity index (χ0n) is 7.64. The first-order valence-electron chi connectivity index (χ1n) is 3.79. The summed E-state index contributed by atoms with van der Waals surface area (Å²) in [6.07, 6.45) is 0. The van der Waals surface area contributed by atoms with Crippen LogP contribution in [0.15, 0.2) is 16.6 Å². The Labute approximate surface area is 88.6 Å². The van der Waals surface area contributed by atoms with Crippen molar-refractivity contribution >= 4 is 21.8 Å². The summed E-state index contributed by atoms with van der Waals surface area (Å²) in [6, 6.07) is 1.81. The lowest BCUT2D eigenvalue weighted by Gasteiger charge is -2.11. The van der Waals surface area contributed by atoms with Gasteiger partial charge >= 0.3 is 0 Å². The van der Waals surface area contributed by atoms with Crippen LogP contribution >= 0.6 is 15.9 Å². The van der Waals surface area contributed by atoms with E-state index in [0.717, 1.165) is 12.1 Å². The molecular formula is C9H8BrF2NO. The Kier molecular flexibility index (Phi) is 3.21. The maximum atomic E-state index is 13.2. The van der Waals surface area contributed by atoms with E-state index >= 15 is 0 Å². The molecular weight excluding hydrogens is 256 g/mol. The maximum Gasteiger partial charge on any atom is 0.256 e. The van der Waals surface area contributed by atoms with Gasteiger partial charge in [0.05, 0.1) is 10.0 Å². The predicted octanol–water partition coefficient (Wildman–Crippen LogP) is 2.43. The number of hydrogen-bond acceptors (Lipinski definition) is 1. The third kappa shape index (κ3) is 2.09. The van der Waals surface area contributed by atoms with Crippen molar-refractivity contribution in [1.29, 1.82) is 0 Å². The molecule has 0 aliphatic carbocycles. The van der Waals surface area contributed by atoms with E-state index in [1.807, 2.05) is 0 Å². The van der Waals surface area contributed by atoms with Gasteiger partial charge in [-0.3, -0.25) is 4.79 Å². The molecule has 0 bridgehead atoms. The Bertz CT molecular complexity index is 379. The average molecular weight is 264 g/mol. The highest BCUT2D eigenvalue weighted by Crippen LogP contribution is 2.20. The van der Waals surface area contributed by atoms with Crippen LogP contribution in [0.1, 0.15) is 10.4 Å². The van der Waals surface area contributed by atoms with Crippen LogP contribution in [0.5, 0.6) is 0 Å². The molecule has 0 saturated carbocycles. The number of carbonyl (C=O) groups is 1. The minimum Gasteiger partial charge on any atom is -0.345 e. The molecule has 0 atom stereocenters. The Morgan fingerprint density at radius 1 is 1.29 bits per heavy atom. The number of hydrogen-bond donors (Lipinski definition) is 0. The van der Waals surface area contributed by atoms with Crippen LogP contribution in [0.4, 0.5) is 8.78 Å². The number of rotatable bonds is 1. The summed E-state index contributed by atoms with van der Waals surface area (Å²) < 4.78 is 26.2. The third-order valence-electron chi connectivity index (χ3n) is 1.65. The van der Waals surface area contributed by atoms with Gasteiger partial charge in [0.1, 0.15) is 11.6 Å². The van der Waals surface area contributed by atoms with Crippen LogP contribution in [0, 0.1) is 11.6 Å². The van der Waals surface area contributed by atoms with Gasteiger partial charge in [-0.25, -0.2) is 8.78 Å². The summed E-state index contributed by atoms with van der Waals surface area (Å²) in [6.45, 7) is 0. The molecule has 14 heavy (non-hydrogen) atoms. The van der Waals surface area contributed by atoms with Crippen LogP contribution in [-0.2, 0) is 0 Å². The SMILES string of the molecule is CN(C)C(=O)c1cc(F)c(Br)cc1F. The fourth-order valence-electron chi connectivity index (χ4n) is 0.927. The quantitative estimate of drug-likeness (QED) is 0.713. The van der Waals surface area contributed by atoms with Gasteiger partial charge in [0.15, 0.2) is 0 Å². The smallest absolute Gasteiger partial charge is 0.256 e. The predicted molar refractivity (Wildman–Crippen MR) is 52.1 cm³/mol. The van der Waals surface area contributed by atoms with Crippen molar-refractivity contribution in [3.05, 3.63) is 33.8 Å². The zero-order chi connectivity index (χ0) is 10.9. The van der Waals surface area contributed by atoms with Gasteiger partial charge in [-0.2, -0.15) is 0 Å². The van der Waals surface area contributed by atoms with Crippen molar-refractivity contribution in [2.75, 3.05) is 14.1 Å². The van der Waals surface area contributed by atoms with Crippen molar-refractivity contribution in [2.24, 2.45) is 0 Å². The summed E-state index contributed by atoms with van der Waals surface area (Å²) in [7, 11) is 2.95. The van der Waals surface area contributed by atoms with Gasteiger partial charge < -0.3 is 4.90 Å². The molecule has 1 aromatic carbocycles. The minimum absolute atomic E-state index is 0.00491. The molecule has 0 N–H and O–H groups in total. The van der Waals surface area contributed by atoms with Crippen molar-refractivity contribution in [1.82, 2.24) is 4.90 Å². The first-order valence-corrected chi connectivity index (χ1v) is 4.59.